The third kappa shape index (κ3) is 6.73. The van der Waals surface area contributed by atoms with Gasteiger partial charge < -0.3 is 24.2 Å². The second kappa shape index (κ2) is 14.4. The van der Waals surface area contributed by atoms with Crippen molar-refractivity contribution in [2.45, 2.75) is 19.6 Å². The van der Waals surface area contributed by atoms with Crippen molar-refractivity contribution in [3.05, 3.63) is 139 Å². The molecule has 0 radical (unpaired) electrons. The summed E-state index contributed by atoms with van der Waals surface area (Å²) in [7, 11) is 4.37. The van der Waals surface area contributed by atoms with E-state index in [1.54, 1.807) is 73.1 Å². The third-order valence-corrected chi connectivity index (χ3v) is 9.42. The number of anilines is 2. The largest absolute Gasteiger partial charge is 0.445 e. The Morgan fingerprint density at radius 1 is 0.632 bits per heavy atom. The zero-order chi connectivity index (χ0) is 40.0. The molecule has 57 heavy (non-hydrogen) atoms. The fourth-order valence-corrected chi connectivity index (χ4v) is 6.51. The summed E-state index contributed by atoms with van der Waals surface area (Å²) >= 11 is 0. The Kier molecular flexibility index (Phi) is 9.08. The molecule has 0 spiro atoms. The van der Waals surface area contributed by atoms with Crippen molar-refractivity contribution < 1.29 is 14.0 Å². The zero-order valence-corrected chi connectivity index (χ0v) is 30.6. The minimum absolute atomic E-state index is 0.0838. The number of oxazole rings is 1. The number of benzene rings is 2. The first-order chi connectivity index (χ1) is 27.5. The molecule has 0 saturated carbocycles. The van der Waals surface area contributed by atoms with E-state index in [1.165, 1.54) is 58.3 Å². The van der Waals surface area contributed by atoms with E-state index in [9.17, 15) is 28.8 Å². The second-order valence-corrected chi connectivity index (χ2v) is 13.2. The van der Waals surface area contributed by atoms with Gasteiger partial charge in [-0.25, -0.2) is 24.5 Å². The van der Waals surface area contributed by atoms with Crippen molar-refractivity contribution in [2.75, 3.05) is 10.6 Å². The standard InChI is InChI=1S/C38H32N12O7/c1-45-32-30(35(53)47(3)37(45)55)48(20-41-32)18-28(51)43-25-8-4-23(5-9-25)27-16-22(12-13-39-27)17-50-36(54)31-33(46(2)38(50)56)42-21-49(31)19-29(52)44-26-10-6-24(7-11-26)34-40-14-15-57-34/h4-16,20-21H,17-19H2,1-3H3,(H,43,51)(H,44,52). The van der Waals surface area contributed by atoms with Crippen molar-refractivity contribution >= 4 is 45.5 Å². The lowest BCUT2D eigenvalue weighted by Gasteiger charge is -2.11. The number of nitrogens with zero attached hydrogens (tertiary/aromatic N) is 10. The first-order valence-corrected chi connectivity index (χ1v) is 17.4. The minimum Gasteiger partial charge on any atom is -0.445 e. The molecule has 8 aromatic rings. The Morgan fingerprint density at radius 2 is 1.19 bits per heavy atom. The van der Waals surface area contributed by atoms with Crippen LogP contribution in [0.2, 0.25) is 0 Å². The van der Waals surface area contributed by atoms with Gasteiger partial charge in [0.2, 0.25) is 17.7 Å². The molecule has 0 aliphatic rings. The second-order valence-electron chi connectivity index (χ2n) is 13.2. The first kappa shape index (κ1) is 36.0. The quantitative estimate of drug-likeness (QED) is 0.204. The van der Waals surface area contributed by atoms with Gasteiger partial charge in [-0.05, 0) is 54.1 Å². The molecule has 0 unspecified atom stereocenters. The number of aryl methyl sites for hydroxylation is 2. The number of rotatable bonds is 10. The van der Waals surface area contributed by atoms with E-state index in [1.807, 2.05) is 0 Å². The summed E-state index contributed by atoms with van der Waals surface area (Å²) in [5.41, 5.74) is 1.89. The van der Waals surface area contributed by atoms with Crippen LogP contribution in [0, 0.1) is 0 Å². The molecule has 6 heterocycles. The Balaban J connectivity index is 0.967. The van der Waals surface area contributed by atoms with Crippen LogP contribution >= 0.6 is 0 Å². The van der Waals surface area contributed by atoms with Gasteiger partial charge in [0.05, 0.1) is 31.1 Å². The van der Waals surface area contributed by atoms with Crippen LogP contribution in [0.5, 0.6) is 0 Å². The van der Waals surface area contributed by atoms with Gasteiger partial charge in [-0.15, -0.1) is 0 Å². The number of carbonyl (C=O) groups is 2. The SMILES string of the molecule is Cn1c(=O)c2c(ncn2CC(=O)Nc2ccc(-c3cc(Cn4c(=O)c5c(ncn5CC(=O)Nc5ccc(-c6ncco6)cc5)n(C)c4=O)ccn3)cc2)n(C)c1=O. The maximum atomic E-state index is 13.8. The van der Waals surface area contributed by atoms with Gasteiger partial charge in [0, 0.05) is 49.8 Å². The van der Waals surface area contributed by atoms with Crippen molar-refractivity contribution in [2.24, 2.45) is 21.1 Å². The van der Waals surface area contributed by atoms with Crippen LogP contribution in [0.3, 0.4) is 0 Å². The number of aromatic nitrogens is 10. The fourth-order valence-electron chi connectivity index (χ4n) is 6.51. The molecule has 286 valence electrons. The number of hydrogen-bond acceptors (Lipinski definition) is 11. The lowest BCUT2D eigenvalue weighted by atomic mass is 10.1. The van der Waals surface area contributed by atoms with Crippen LogP contribution in [-0.2, 0) is 50.4 Å². The summed E-state index contributed by atoms with van der Waals surface area (Å²) in [6.07, 6.45) is 7.27. The van der Waals surface area contributed by atoms with E-state index in [2.05, 4.69) is 30.6 Å². The van der Waals surface area contributed by atoms with Gasteiger partial charge in [-0.2, -0.15) is 0 Å². The summed E-state index contributed by atoms with van der Waals surface area (Å²) in [5, 5.41) is 5.60. The van der Waals surface area contributed by atoms with Gasteiger partial charge in [-0.3, -0.25) is 42.4 Å². The topological polar surface area (TPSA) is 221 Å². The van der Waals surface area contributed by atoms with Gasteiger partial charge in [0.15, 0.2) is 22.3 Å². The van der Waals surface area contributed by atoms with Crippen molar-refractivity contribution in [1.29, 1.82) is 0 Å². The summed E-state index contributed by atoms with van der Waals surface area (Å²) in [6.45, 7) is -0.530. The predicted octanol–water partition coefficient (Wildman–Crippen LogP) is 1.69. The van der Waals surface area contributed by atoms with E-state index in [0.717, 1.165) is 14.7 Å². The monoisotopic (exact) mass is 768 g/mol. The molecule has 0 saturated heterocycles. The van der Waals surface area contributed by atoms with Crippen LogP contribution in [0.4, 0.5) is 11.4 Å². The highest BCUT2D eigenvalue weighted by Gasteiger charge is 2.19. The van der Waals surface area contributed by atoms with Crippen molar-refractivity contribution in [1.82, 2.24) is 47.3 Å². The number of nitrogens with one attached hydrogen (secondary N) is 2. The van der Waals surface area contributed by atoms with Gasteiger partial charge in [-0.1, -0.05) is 12.1 Å². The van der Waals surface area contributed by atoms with Crippen LogP contribution in [-0.4, -0.2) is 59.2 Å². The highest BCUT2D eigenvalue weighted by molar-refractivity contribution is 5.92. The van der Waals surface area contributed by atoms with Gasteiger partial charge in [0.25, 0.3) is 11.1 Å². The van der Waals surface area contributed by atoms with Gasteiger partial charge in [0.1, 0.15) is 19.4 Å². The molecule has 19 nitrogen and oxygen atoms in total. The molecule has 0 aliphatic carbocycles. The average molecular weight is 769 g/mol. The number of hydrogen-bond donors (Lipinski definition) is 2. The molecule has 2 N–H and O–H groups in total. The third-order valence-electron chi connectivity index (χ3n) is 9.42. The zero-order valence-electron chi connectivity index (χ0n) is 30.6. The number of imidazole rings is 2. The van der Waals surface area contributed by atoms with Crippen molar-refractivity contribution in [3.8, 4) is 22.7 Å². The fraction of sp³-hybridized carbons (Fsp3) is 0.158. The maximum absolute atomic E-state index is 13.8. The highest BCUT2D eigenvalue weighted by atomic mass is 16.3. The first-order valence-electron chi connectivity index (χ1n) is 17.4. The number of pyridine rings is 1. The summed E-state index contributed by atoms with van der Waals surface area (Å²) in [5.74, 6) is -0.375. The molecular formula is C38H32N12O7. The average Bonchev–Trinajstić information content (AvgIpc) is 3.99. The van der Waals surface area contributed by atoms with E-state index < -0.39 is 34.3 Å². The Bertz CT molecular complexity index is 3090. The van der Waals surface area contributed by atoms with E-state index in [4.69, 9.17) is 4.42 Å². The molecule has 0 aliphatic heterocycles. The summed E-state index contributed by atoms with van der Waals surface area (Å²) in [4.78, 5) is 95.2. The van der Waals surface area contributed by atoms with E-state index in [-0.39, 0.29) is 42.0 Å². The maximum Gasteiger partial charge on any atom is 0.332 e. The Labute approximate surface area is 319 Å². The summed E-state index contributed by atoms with van der Waals surface area (Å²) in [6, 6.07) is 17.3. The molecule has 6 aromatic heterocycles. The van der Waals surface area contributed by atoms with Gasteiger partial charge >= 0.3 is 11.4 Å². The van der Waals surface area contributed by atoms with Crippen LogP contribution in [0.15, 0.2) is 116 Å². The molecule has 0 bridgehead atoms. The molecule has 2 aromatic carbocycles. The number of carbonyl (C=O) groups excluding carboxylic acids is 2. The number of amides is 2. The molecule has 19 heteroatoms. The Hall–Kier alpha value is -7.96. The highest BCUT2D eigenvalue weighted by Crippen LogP contribution is 2.22. The van der Waals surface area contributed by atoms with Crippen molar-refractivity contribution in [3.63, 3.8) is 0 Å². The molecule has 0 fully saturated rings. The Morgan fingerprint density at radius 3 is 1.77 bits per heavy atom. The molecule has 8 rings (SSSR count). The van der Waals surface area contributed by atoms with E-state index >= 15 is 0 Å². The molecule has 0 atom stereocenters. The van der Waals surface area contributed by atoms with Crippen LogP contribution < -0.4 is 33.1 Å². The van der Waals surface area contributed by atoms with Crippen LogP contribution in [0.1, 0.15) is 5.56 Å². The lowest BCUT2D eigenvalue weighted by molar-refractivity contribution is -0.117. The lowest BCUT2D eigenvalue weighted by Crippen LogP contribution is -2.40. The normalized spacial score (nSPS) is 11.4. The molecule has 2 amide bonds. The minimum atomic E-state index is -0.611. The summed E-state index contributed by atoms with van der Waals surface area (Å²) < 4.78 is 12.6. The molecular weight excluding hydrogens is 736 g/mol. The number of fused-ring (bicyclic) bond motifs is 2. The van der Waals surface area contributed by atoms with Crippen LogP contribution in [0.25, 0.3) is 45.0 Å². The predicted molar refractivity (Wildman–Crippen MR) is 207 cm³/mol. The van der Waals surface area contributed by atoms with E-state index in [0.29, 0.717) is 34.1 Å². The smallest absolute Gasteiger partial charge is 0.332 e.